The third-order valence-corrected chi connectivity index (χ3v) is 4.62. The van der Waals surface area contributed by atoms with Crippen LogP contribution >= 0.6 is 31.9 Å². The molecule has 0 aliphatic heterocycles. The molecule has 0 atom stereocenters. The average molecular weight is 446 g/mol. The minimum Gasteiger partial charge on any atom is -0.453 e. The molecule has 1 heterocycles. The van der Waals surface area contributed by atoms with Crippen molar-refractivity contribution in [2.45, 2.75) is 0 Å². The number of fused-ring (bicyclic) bond motifs is 1. The van der Waals surface area contributed by atoms with Crippen molar-refractivity contribution in [1.82, 2.24) is 0 Å². The second-order valence-electron chi connectivity index (χ2n) is 4.79. The number of nitrogens with two attached hydrogens (primary N) is 2. The number of anilines is 2. The van der Waals surface area contributed by atoms with Crippen LogP contribution in [0.5, 0.6) is 0 Å². The summed E-state index contributed by atoms with van der Waals surface area (Å²) in [5.74, 6) is -1.90. The molecule has 118 valence electrons. The van der Waals surface area contributed by atoms with E-state index in [1.165, 1.54) is 0 Å². The molecule has 0 fully saturated rings. The van der Waals surface area contributed by atoms with Crippen molar-refractivity contribution in [2.75, 3.05) is 11.5 Å². The van der Waals surface area contributed by atoms with Crippen molar-refractivity contribution in [3.63, 3.8) is 0 Å². The predicted molar refractivity (Wildman–Crippen MR) is 92.1 cm³/mol. The fourth-order valence-electron chi connectivity index (χ4n) is 2.16. The van der Waals surface area contributed by atoms with Crippen molar-refractivity contribution in [3.05, 3.63) is 55.1 Å². The highest BCUT2D eigenvalue weighted by atomic mass is 79.9. The lowest BCUT2D eigenvalue weighted by Gasteiger charge is -2.09. The zero-order chi connectivity index (χ0) is 16.9. The van der Waals surface area contributed by atoms with Gasteiger partial charge in [0.05, 0.1) is 16.8 Å². The molecule has 23 heavy (non-hydrogen) atoms. The summed E-state index contributed by atoms with van der Waals surface area (Å²) in [6.07, 6.45) is 0. The Bertz CT molecular complexity index is 996. The van der Waals surface area contributed by atoms with E-state index in [0.717, 1.165) is 6.07 Å². The molecule has 8 heteroatoms. The maximum Gasteiger partial charge on any atom is 0.195 e. The van der Waals surface area contributed by atoms with Crippen LogP contribution in [0.15, 0.2) is 42.4 Å². The third-order valence-electron chi connectivity index (χ3n) is 3.31. The molecule has 0 bridgehead atoms. The first-order valence-electron chi connectivity index (χ1n) is 6.26. The van der Waals surface area contributed by atoms with Gasteiger partial charge in [0, 0.05) is 26.6 Å². The highest BCUT2D eigenvalue weighted by Crippen LogP contribution is 2.35. The molecule has 0 aliphatic carbocycles. The van der Waals surface area contributed by atoms with Crippen LogP contribution in [0.3, 0.4) is 0 Å². The van der Waals surface area contributed by atoms with Gasteiger partial charge in [-0.1, -0.05) is 0 Å². The van der Waals surface area contributed by atoms with Gasteiger partial charge >= 0.3 is 0 Å². The average Bonchev–Trinajstić information content (AvgIpc) is 2.49. The van der Waals surface area contributed by atoms with Crippen molar-refractivity contribution in [2.24, 2.45) is 0 Å². The molecular formula is C15H8Br2F2N2O2. The molecule has 3 aromatic rings. The summed E-state index contributed by atoms with van der Waals surface area (Å²) in [7, 11) is 0. The number of hydrogen-bond acceptors (Lipinski definition) is 4. The number of hydrogen-bond donors (Lipinski definition) is 2. The maximum absolute atomic E-state index is 14.0. The topological polar surface area (TPSA) is 82.2 Å². The highest BCUT2D eigenvalue weighted by molar-refractivity contribution is 9.11. The molecule has 0 radical (unpaired) electrons. The summed E-state index contributed by atoms with van der Waals surface area (Å²) in [5, 5.41) is -0.320. The van der Waals surface area contributed by atoms with Crippen molar-refractivity contribution in [1.29, 1.82) is 0 Å². The Kier molecular flexibility index (Phi) is 3.89. The van der Waals surface area contributed by atoms with Crippen LogP contribution in [-0.2, 0) is 0 Å². The lowest BCUT2D eigenvalue weighted by Crippen LogP contribution is -2.07. The summed E-state index contributed by atoms with van der Waals surface area (Å²) in [5.41, 5.74) is 10.8. The van der Waals surface area contributed by atoms with Crippen molar-refractivity contribution < 1.29 is 13.2 Å². The number of nitrogen functional groups attached to an aromatic ring is 2. The Labute approximate surface area is 145 Å². The summed E-state index contributed by atoms with van der Waals surface area (Å²) in [6, 6.07) is 4.95. The van der Waals surface area contributed by atoms with Gasteiger partial charge in [0.15, 0.2) is 16.8 Å². The summed E-state index contributed by atoms with van der Waals surface area (Å²) in [4.78, 5) is 12.2. The minimum atomic E-state index is -1.01. The standard InChI is InChI=1S/C15H8Br2F2N2O2/c16-6-1-5(2-7(17)13(6)20)11-4-10(22)12-14(21)8(18)3-9(19)15(12)23-11/h1-4H,20-21H2. The van der Waals surface area contributed by atoms with Gasteiger partial charge in [-0.05, 0) is 44.0 Å². The van der Waals surface area contributed by atoms with E-state index in [9.17, 15) is 13.6 Å². The Balaban J connectivity index is 2.36. The summed E-state index contributed by atoms with van der Waals surface area (Å²) >= 11 is 6.56. The Morgan fingerprint density at radius 2 is 1.52 bits per heavy atom. The molecule has 4 nitrogen and oxygen atoms in total. The molecule has 0 saturated heterocycles. The Morgan fingerprint density at radius 3 is 2.13 bits per heavy atom. The predicted octanol–water partition coefficient (Wildman–Crippen LogP) is 4.43. The summed E-state index contributed by atoms with van der Waals surface area (Å²) < 4.78 is 34.0. The quantitative estimate of drug-likeness (QED) is 0.543. The van der Waals surface area contributed by atoms with E-state index in [1.54, 1.807) is 12.1 Å². The maximum atomic E-state index is 14.0. The zero-order valence-electron chi connectivity index (χ0n) is 11.3. The number of benzene rings is 2. The van der Waals surface area contributed by atoms with E-state index in [1.807, 2.05) is 0 Å². The fourth-order valence-corrected chi connectivity index (χ4v) is 3.35. The molecule has 0 spiro atoms. The van der Waals surface area contributed by atoms with Gasteiger partial charge in [0.1, 0.15) is 11.6 Å². The molecule has 2 aromatic carbocycles. The largest absolute Gasteiger partial charge is 0.453 e. The Hall–Kier alpha value is -1.93. The van der Waals surface area contributed by atoms with Gasteiger partial charge in [0.25, 0.3) is 0 Å². The van der Waals surface area contributed by atoms with E-state index in [2.05, 4.69) is 31.9 Å². The number of halogens is 4. The first-order valence-corrected chi connectivity index (χ1v) is 7.84. The van der Waals surface area contributed by atoms with Gasteiger partial charge in [0.2, 0.25) is 0 Å². The molecule has 4 N–H and O–H groups in total. The monoisotopic (exact) mass is 444 g/mol. The second kappa shape index (κ2) is 5.61. The molecule has 3 rings (SSSR count). The smallest absolute Gasteiger partial charge is 0.195 e. The van der Waals surface area contributed by atoms with Crippen molar-refractivity contribution in [3.8, 4) is 11.3 Å². The first-order chi connectivity index (χ1) is 10.8. The Morgan fingerprint density at radius 1 is 0.913 bits per heavy atom. The molecular weight excluding hydrogens is 438 g/mol. The molecule has 0 amide bonds. The van der Waals surface area contributed by atoms with Gasteiger partial charge in [-0.2, -0.15) is 0 Å². The second-order valence-corrected chi connectivity index (χ2v) is 6.50. The lowest BCUT2D eigenvalue weighted by molar-refractivity contribution is 0.546. The van der Waals surface area contributed by atoms with Crippen LogP contribution in [0.1, 0.15) is 0 Å². The van der Waals surface area contributed by atoms with Crippen LogP contribution in [0.4, 0.5) is 20.2 Å². The number of rotatable bonds is 1. The molecule has 0 unspecified atom stereocenters. The van der Waals surface area contributed by atoms with Crippen LogP contribution in [0, 0.1) is 11.6 Å². The van der Waals surface area contributed by atoms with Gasteiger partial charge in [-0.15, -0.1) is 0 Å². The van der Waals surface area contributed by atoms with E-state index in [-0.39, 0.29) is 11.1 Å². The van der Waals surface area contributed by atoms with E-state index >= 15 is 0 Å². The van der Waals surface area contributed by atoms with Crippen molar-refractivity contribution >= 4 is 54.2 Å². The molecule has 0 aliphatic rings. The van der Waals surface area contributed by atoms with Crippen LogP contribution in [-0.4, -0.2) is 0 Å². The van der Waals surface area contributed by atoms with E-state index in [0.29, 0.717) is 26.3 Å². The van der Waals surface area contributed by atoms with Crippen LogP contribution in [0.25, 0.3) is 22.3 Å². The third kappa shape index (κ3) is 2.61. The fraction of sp³-hybridized carbons (Fsp3) is 0. The van der Waals surface area contributed by atoms with Gasteiger partial charge in [-0.25, -0.2) is 8.78 Å². The normalized spacial score (nSPS) is 11.1. The van der Waals surface area contributed by atoms with Crippen LogP contribution in [0.2, 0.25) is 0 Å². The summed E-state index contributed by atoms with van der Waals surface area (Å²) in [6.45, 7) is 0. The van der Waals surface area contributed by atoms with E-state index in [4.69, 9.17) is 15.9 Å². The first kappa shape index (κ1) is 15.9. The van der Waals surface area contributed by atoms with E-state index < -0.39 is 28.3 Å². The lowest BCUT2D eigenvalue weighted by atomic mass is 10.1. The molecule has 0 saturated carbocycles. The zero-order valence-corrected chi connectivity index (χ0v) is 14.5. The van der Waals surface area contributed by atoms with Crippen LogP contribution < -0.4 is 16.9 Å². The molecule has 1 aromatic heterocycles. The van der Waals surface area contributed by atoms with Gasteiger partial charge in [-0.3, -0.25) is 4.79 Å². The van der Waals surface area contributed by atoms with Gasteiger partial charge < -0.3 is 15.9 Å². The minimum absolute atomic E-state index is 0.105. The highest BCUT2D eigenvalue weighted by Gasteiger charge is 2.17. The SMILES string of the molecule is Nc1c(Br)cc(-c2cc(=O)c3c(N)c(F)cc(F)c3o2)cc1Br.